The Kier molecular flexibility index (Phi) is 4.88. The smallest absolute Gasteiger partial charge is 0.415 e. The van der Waals surface area contributed by atoms with E-state index in [1.807, 2.05) is 48.5 Å². The zero-order chi connectivity index (χ0) is 17.8. The number of ether oxygens (including phenoxy) is 2. The first kappa shape index (κ1) is 16.8. The molecule has 0 aliphatic carbocycles. The van der Waals surface area contributed by atoms with Gasteiger partial charge in [-0.15, -0.1) is 0 Å². The molecule has 2 aromatic carbocycles. The van der Waals surface area contributed by atoms with Crippen molar-refractivity contribution < 1.29 is 19.1 Å². The van der Waals surface area contributed by atoms with Gasteiger partial charge >= 0.3 is 12.2 Å². The molecule has 0 saturated heterocycles. The average molecular weight is 340 g/mol. The van der Waals surface area contributed by atoms with Gasteiger partial charge in [-0.1, -0.05) is 36.4 Å². The predicted molar refractivity (Wildman–Crippen MR) is 95.7 cm³/mol. The van der Waals surface area contributed by atoms with Gasteiger partial charge in [0.25, 0.3) is 0 Å². The Balaban J connectivity index is 2.16. The van der Waals surface area contributed by atoms with Gasteiger partial charge < -0.3 is 9.47 Å². The van der Waals surface area contributed by atoms with Crippen molar-refractivity contribution in [2.24, 2.45) is 0 Å². The largest absolute Gasteiger partial charge is 0.449 e. The van der Waals surface area contributed by atoms with Crippen molar-refractivity contribution >= 4 is 23.6 Å². The first-order valence-corrected chi connectivity index (χ1v) is 8.24. The van der Waals surface area contributed by atoms with Crippen LogP contribution in [0.1, 0.15) is 13.8 Å². The van der Waals surface area contributed by atoms with Crippen LogP contribution in [0.15, 0.2) is 48.5 Å². The molecule has 0 N–H and O–H groups in total. The van der Waals surface area contributed by atoms with Crippen molar-refractivity contribution in [3.8, 4) is 11.1 Å². The lowest BCUT2D eigenvalue weighted by Gasteiger charge is -2.27. The van der Waals surface area contributed by atoms with Gasteiger partial charge in [0.15, 0.2) is 0 Å². The SMILES string of the molecule is CCOC(=O)N1CN(C(=O)OCC)c2ccccc2-c2ccccc21. The minimum atomic E-state index is -0.503. The van der Waals surface area contributed by atoms with Gasteiger partial charge in [0.2, 0.25) is 0 Å². The molecular formula is C19H20N2O4. The lowest BCUT2D eigenvalue weighted by Crippen LogP contribution is -2.44. The van der Waals surface area contributed by atoms with Gasteiger partial charge in [-0.05, 0) is 26.0 Å². The molecule has 6 nitrogen and oxygen atoms in total. The quantitative estimate of drug-likeness (QED) is 0.820. The number of amides is 2. The molecule has 0 fully saturated rings. The minimum Gasteiger partial charge on any atom is -0.449 e. The summed E-state index contributed by atoms with van der Waals surface area (Å²) in [5.41, 5.74) is 3.11. The van der Waals surface area contributed by atoms with Crippen LogP contribution in [0.4, 0.5) is 21.0 Å². The maximum Gasteiger partial charge on any atom is 0.415 e. The van der Waals surface area contributed by atoms with Crippen LogP contribution in [0.2, 0.25) is 0 Å². The molecule has 2 aromatic rings. The fourth-order valence-electron chi connectivity index (χ4n) is 2.88. The highest BCUT2D eigenvalue weighted by molar-refractivity contribution is 6.03. The van der Waals surface area contributed by atoms with E-state index in [4.69, 9.17) is 9.47 Å². The van der Waals surface area contributed by atoms with Gasteiger partial charge in [-0.3, -0.25) is 9.80 Å². The maximum absolute atomic E-state index is 12.5. The second-order valence-corrected chi connectivity index (χ2v) is 5.43. The summed E-state index contributed by atoms with van der Waals surface area (Å²) in [5, 5.41) is 0. The summed E-state index contributed by atoms with van der Waals surface area (Å²) >= 11 is 0. The van der Waals surface area contributed by atoms with Gasteiger partial charge in [-0.25, -0.2) is 9.59 Å². The zero-order valence-electron chi connectivity index (χ0n) is 14.3. The lowest BCUT2D eigenvalue weighted by molar-refractivity contribution is 0.155. The highest BCUT2D eigenvalue weighted by Crippen LogP contribution is 2.40. The number of para-hydroxylation sites is 2. The Morgan fingerprint density at radius 3 is 1.60 bits per heavy atom. The number of benzene rings is 2. The molecule has 0 atom stereocenters. The number of hydrogen-bond donors (Lipinski definition) is 0. The van der Waals surface area contributed by atoms with E-state index in [0.29, 0.717) is 11.4 Å². The Morgan fingerprint density at radius 1 is 0.800 bits per heavy atom. The van der Waals surface area contributed by atoms with Gasteiger partial charge in [0.1, 0.15) is 6.67 Å². The lowest BCUT2D eigenvalue weighted by atomic mass is 10.0. The monoisotopic (exact) mass is 340 g/mol. The Labute approximate surface area is 146 Å². The van der Waals surface area contributed by atoms with Gasteiger partial charge in [0.05, 0.1) is 24.6 Å². The summed E-state index contributed by atoms with van der Waals surface area (Å²) < 4.78 is 10.4. The van der Waals surface area contributed by atoms with Crippen LogP contribution in [0.25, 0.3) is 11.1 Å². The molecule has 0 unspecified atom stereocenters. The van der Waals surface area contributed by atoms with Crippen molar-refractivity contribution in [1.29, 1.82) is 0 Å². The number of rotatable bonds is 2. The summed E-state index contributed by atoms with van der Waals surface area (Å²) in [4.78, 5) is 27.9. The first-order chi connectivity index (χ1) is 12.2. The second kappa shape index (κ2) is 7.25. The number of anilines is 2. The predicted octanol–water partition coefficient (Wildman–Crippen LogP) is 4.25. The molecule has 2 amide bonds. The van der Waals surface area contributed by atoms with E-state index in [1.165, 1.54) is 9.80 Å². The summed E-state index contributed by atoms with van der Waals surface area (Å²) in [7, 11) is 0. The Morgan fingerprint density at radius 2 is 1.20 bits per heavy atom. The Hall–Kier alpha value is -3.02. The molecule has 0 aromatic heterocycles. The van der Waals surface area contributed by atoms with E-state index in [0.717, 1.165) is 11.1 Å². The van der Waals surface area contributed by atoms with Crippen LogP contribution in [-0.2, 0) is 9.47 Å². The third-order valence-corrected chi connectivity index (χ3v) is 3.94. The topological polar surface area (TPSA) is 59.1 Å². The van der Waals surface area contributed by atoms with Gasteiger partial charge in [-0.2, -0.15) is 0 Å². The van der Waals surface area contributed by atoms with Crippen LogP contribution < -0.4 is 9.80 Å². The van der Waals surface area contributed by atoms with Crippen LogP contribution in [0, 0.1) is 0 Å². The highest BCUT2D eigenvalue weighted by Gasteiger charge is 2.32. The van der Waals surface area contributed by atoms with E-state index >= 15 is 0 Å². The third-order valence-electron chi connectivity index (χ3n) is 3.94. The second-order valence-electron chi connectivity index (χ2n) is 5.43. The summed E-state index contributed by atoms with van der Waals surface area (Å²) in [5.74, 6) is 0. The molecule has 1 heterocycles. The van der Waals surface area contributed by atoms with Gasteiger partial charge in [0, 0.05) is 11.1 Å². The molecule has 0 radical (unpaired) electrons. The fraction of sp³-hybridized carbons (Fsp3) is 0.263. The summed E-state index contributed by atoms with van der Waals surface area (Å²) in [6.07, 6.45) is -1.01. The molecule has 0 saturated carbocycles. The van der Waals surface area contributed by atoms with Crippen molar-refractivity contribution in [3.63, 3.8) is 0 Å². The van der Waals surface area contributed by atoms with Crippen molar-refractivity contribution in [3.05, 3.63) is 48.5 Å². The number of nitrogens with zero attached hydrogens (tertiary/aromatic N) is 2. The normalized spacial score (nSPS) is 12.7. The molecule has 25 heavy (non-hydrogen) atoms. The van der Waals surface area contributed by atoms with Crippen LogP contribution in [-0.4, -0.2) is 32.1 Å². The number of carbonyl (C=O) groups is 2. The molecule has 6 heteroatoms. The van der Waals surface area contributed by atoms with E-state index in [2.05, 4.69) is 0 Å². The minimum absolute atomic E-state index is 0.0195. The van der Waals surface area contributed by atoms with Crippen molar-refractivity contribution in [2.45, 2.75) is 13.8 Å². The standard InChI is InChI=1S/C19H20N2O4/c1-3-24-18(22)20-13-21(19(23)25-4-2)17-12-8-6-10-15(17)14-9-5-7-11-16(14)20/h5-12H,3-4,13H2,1-2H3. The van der Waals surface area contributed by atoms with E-state index < -0.39 is 12.2 Å². The average Bonchev–Trinajstić information content (AvgIpc) is 2.77. The molecule has 0 bridgehead atoms. The number of hydrogen-bond acceptors (Lipinski definition) is 4. The fourth-order valence-corrected chi connectivity index (χ4v) is 2.88. The van der Waals surface area contributed by atoms with Crippen LogP contribution >= 0.6 is 0 Å². The highest BCUT2D eigenvalue weighted by atomic mass is 16.6. The Bertz CT molecular complexity index is 725. The molecule has 130 valence electrons. The third kappa shape index (κ3) is 3.15. The molecule has 0 spiro atoms. The van der Waals surface area contributed by atoms with E-state index in [1.54, 1.807) is 13.8 Å². The first-order valence-electron chi connectivity index (χ1n) is 8.24. The summed E-state index contributed by atoms with van der Waals surface area (Å²) in [6.45, 7) is 4.03. The molecule has 3 rings (SSSR count). The zero-order valence-corrected chi connectivity index (χ0v) is 14.3. The van der Waals surface area contributed by atoms with Crippen molar-refractivity contribution in [1.82, 2.24) is 0 Å². The van der Waals surface area contributed by atoms with Crippen LogP contribution in [0.3, 0.4) is 0 Å². The maximum atomic E-state index is 12.5. The van der Waals surface area contributed by atoms with E-state index in [9.17, 15) is 9.59 Å². The number of carbonyl (C=O) groups excluding carboxylic acids is 2. The number of fused-ring (bicyclic) bond motifs is 3. The molecule has 1 aliphatic heterocycles. The van der Waals surface area contributed by atoms with Crippen molar-refractivity contribution in [2.75, 3.05) is 29.7 Å². The molecular weight excluding hydrogens is 320 g/mol. The van der Waals surface area contributed by atoms with E-state index in [-0.39, 0.29) is 19.9 Å². The van der Waals surface area contributed by atoms with Crippen LogP contribution in [0.5, 0.6) is 0 Å². The summed E-state index contributed by atoms with van der Waals surface area (Å²) in [6, 6.07) is 15.1. The molecule has 1 aliphatic rings.